The maximum atomic E-state index is 6.41. The summed E-state index contributed by atoms with van der Waals surface area (Å²) in [5.74, 6) is 0.544. The van der Waals surface area contributed by atoms with Crippen LogP contribution in [0.4, 0.5) is 0 Å². The van der Waals surface area contributed by atoms with Crippen LogP contribution in [-0.4, -0.2) is 14.4 Å². The number of aryl methyl sites for hydroxylation is 1. The predicted octanol–water partition coefficient (Wildman–Crippen LogP) is 4.42. The highest BCUT2D eigenvalue weighted by molar-refractivity contribution is 6.71. The lowest BCUT2D eigenvalue weighted by Gasteiger charge is -2.29. The summed E-state index contributed by atoms with van der Waals surface area (Å²) in [6.45, 7) is 6.93. The van der Waals surface area contributed by atoms with Gasteiger partial charge in [-0.25, -0.2) is 0 Å². The Morgan fingerprint density at radius 1 is 1.22 bits per heavy atom. The third-order valence-corrected chi connectivity index (χ3v) is 5.83. The van der Waals surface area contributed by atoms with Crippen molar-refractivity contribution < 1.29 is 4.43 Å². The summed E-state index contributed by atoms with van der Waals surface area (Å²) in [5.41, 5.74) is 1.42. The summed E-state index contributed by atoms with van der Waals surface area (Å²) >= 11 is 0. The number of hydrogen-bond donors (Lipinski definition) is 0. The van der Waals surface area contributed by atoms with Gasteiger partial charge in [0.05, 0.1) is 6.10 Å². The molecule has 18 heavy (non-hydrogen) atoms. The molecule has 0 saturated carbocycles. The van der Waals surface area contributed by atoms with Crippen LogP contribution in [0.25, 0.3) is 0 Å². The van der Waals surface area contributed by atoms with Crippen LogP contribution < -0.4 is 0 Å². The Morgan fingerprint density at radius 3 is 2.67 bits per heavy atom. The highest BCUT2D eigenvalue weighted by atomic mass is 28.4. The Balaban J connectivity index is 1.97. The molecule has 0 fully saturated rings. The third-order valence-electron chi connectivity index (χ3n) is 3.67. The molecule has 0 saturated heterocycles. The molecule has 0 amide bonds. The van der Waals surface area contributed by atoms with Crippen molar-refractivity contribution in [2.45, 2.75) is 45.0 Å². The first-order chi connectivity index (χ1) is 8.57. The monoisotopic (exact) mass is 260 g/mol. The van der Waals surface area contributed by atoms with E-state index >= 15 is 0 Å². The minimum atomic E-state index is -1.47. The van der Waals surface area contributed by atoms with Crippen molar-refractivity contribution in [3.63, 3.8) is 0 Å². The van der Waals surface area contributed by atoms with Crippen LogP contribution in [0.1, 0.15) is 18.9 Å². The molecule has 1 aromatic carbocycles. The molecule has 1 nitrogen and oxygen atoms in total. The molecule has 1 aliphatic heterocycles. The molecule has 2 atom stereocenters. The van der Waals surface area contributed by atoms with Gasteiger partial charge in [-0.05, 0) is 43.5 Å². The van der Waals surface area contributed by atoms with Gasteiger partial charge in [0.2, 0.25) is 0 Å². The first-order valence-electron chi connectivity index (χ1n) is 6.95. The average Bonchev–Trinajstić information content (AvgIpc) is 2.47. The minimum Gasteiger partial charge on any atom is -0.414 e. The quantitative estimate of drug-likeness (QED) is 0.577. The van der Waals surface area contributed by atoms with E-state index < -0.39 is 8.32 Å². The van der Waals surface area contributed by atoms with E-state index in [0.29, 0.717) is 12.0 Å². The first kappa shape index (κ1) is 13.6. The highest BCUT2D eigenvalue weighted by Gasteiger charge is 2.29. The van der Waals surface area contributed by atoms with Gasteiger partial charge in [0, 0.05) is 0 Å². The van der Waals surface area contributed by atoms with Gasteiger partial charge < -0.3 is 4.43 Å². The number of allylic oxidation sites excluding steroid dienone is 1. The Kier molecular flexibility index (Phi) is 4.41. The van der Waals surface area contributed by atoms with Crippen LogP contribution in [0.3, 0.4) is 0 Å². The Hall–Kier alpha value is -0.863. The van der Waals surface area contributed by atoms with Gasteiger partial charge in [0.1, 0.15) is 0 Å². The van der Waals surface area contributed by atoms with E-state index in [9.17, 15) is 0 Å². The van der Waals surface area contributed by atoms with Crippen molar-refractivity contribution in [1.29, 1.82) is 0 Å². The van der Waals surface area contributed by atoms with Crippen LogP contribution in [0, 0.1) is 5.92 Å². The zero-order chi connectivity index (χ0) is 13.0. The summed E-state index contributed by atoms with van der Waals surface area (Å²) in [5, 5.41) is 0. The largest absolute Gasteiger partial charge is 0.414 e. The van der Waals surface area contributed by atoms with Gasteiger partial charge in [-0.3, -0.25) is 0 Å². The van der Waals surface area contributed by atoms with E-state index in [1.165, 1.54) is 5.56 Å². The smallest absolute Gasteiger partial charge is 0.190 e. The maximum absolute atomic E-state index is 6.41. The van der Waals surface area contributed by atoms with Crippen molar-refractivity contribution in [3.05, 3.63) is 48.0 Å². The molecule has 0 N–H and O–H groups in total. The molecule has 0 spiro atoms. The Morgan fingerprint density at radius 2 is 1.94 bits per heavy atom. The lowest BCUT2D eigenvalue weighted by atomic mass is 9.97. The van der Waals surface area contributed by atoms with Gasteiger partial charge in [-0.15, -0.1) is 0 Å². The molecule has 2 heteroatoms. The molecule has 0 radical (unpaired) electrons. The second-order valence-corrected chi connectivity index (χ2v) is 10.1. The van der Waals surface area contributed by atoms with Crippen LogP contribution in [0.5, 0.6) is 0 Å². The normalized spacial score (nSPS) is 26.8. The van der Waals surface area contributed by atoms with Crippen LogP contribution in [-0.2, 0) is 10.8 Å². The molecule has 1 heterocycles. The average molecular weight is 260 g/mol. The molecular formula is C16H24OSi. The molecule has 0 aromatic heterocycles. The predicted molar refractivity (Wildman–Crippen MR) is 80.2 cm³/mol. The summed E-state index contributed by atoms with van der Waals surface area (Å²) in [6.07, 6.45) is 7.32. The molecule has 98 valence electrons. The van der Waals surface area contributed by atoms with E-state index in [1.807, 2.05) is 0 Å². The number of rotatable bonds is 3. The summed E-state index contributed by atoms with van der Waals surface area (Å²) in [6, 6.07) is 11.9. The highest BCUT2D eigenvalue weighted by Crippen LogP contribution is 2.26. The van der Waals surface area contributed by atoms with E-state index in [1.54, 1.807) is 0 Å². The summed E-state index contributed by atoms with van der Waals surface area (Å²) in [7, 11) is -1.47. The van der Waals surface area contributed by atoms with E-state index in [2.05, 4.69) is 62.5 Å². The lowest BCUT2D eigenvalue weighted by Crippen LogP contribution is -2.36. The Labute approximate surface area is 112 Å². The molecule has 0 bridgehead atoms. The molecule has 0 aliphatic carbocycles. The van der Waals surface area contributed by atoms with Crippen molar-refractivity contribution in [3.8, 4) is 0 Å². The van der Waals surface area contributed by atoms with Gasteiger partial charge in [0.15, 0.2) is 8.32 Å². The van der Waals surface area contributed by atoms with Crippen molar-refractivity contribution >= 4 is 8.32 Å². The van der Waals surface area contributed by atoms with Crippen LogP contribution >= 0.6 is 0 Å². The fourth-order valence-corrected chi connectivity index (χ4v) is 4.48. The van der Waals surface area contributed by atoms with Gasteiger partial charge in [-0.2, -0.15) is 0 Å². The topological polar surface area (TPSA) is 9.23 Å². The molecule has 1 aliphatic rings. The zero-order valence-corrected chi connectivity index (χ0v) is 12.7. The van der Waals surface area contributed by atoms with E-state index in [4.69, 9.17) is 4.43 Å². The fraction of sp³-hybridized carbons (Fsp3) is 0.500. The SMILES string of the molecule is C[C@H]1C=CC[Si](C)(C)O[C@@H]1CCc1ccccc1. The minimum absolute atomic E-state index is 0.394. The molecule has 0 unspecified atom stereocenters. The molecule has 2 rings (SSSR count). The van der Waals surface area contributed by atoms with Gasteiger partial charge in [-0.1, -0.05) is 49.4 Å². The van der Waals surface area contributed by atoms with Crippen LogP contribution in [0.15, 0.2) is 42.5 Å². The van der Waals surface area contributed by atoms with Crippen LogP contribution in [0.2, 0.25) is 19.1 Å². The summed E-state index contributed by atoms with van der Waals surface area (Å²) < 4.78 is 6.41. The van der Waals surface area contributed by atoms with E-state index in [-0.39, 0.29) is 0 Å². The van der Waals surface area contributed by atoms with Gasteiger partial charge in [0.25, 0.3) is 0 Å². The van der Waals surface area contributed by atoms with Crippen molar-refractivity contribution in [2.24, 2.45) is 5.92 Å². The Bertz CT molecular complexity index is 397. The van der Waals surface area contributed by atoms with Crippen molar-refractivity contribution in [1.82, 2.24) is 0 Å². The fourth-order valence-electron chi connectivity index (χ4n) is 2.53. The first-order valence-corrected chi connectivity index (χ1v) is 10.1. The molecular weight excluding hydrogens is 236 g/mol. The zero-order valence-electron chi connectivity index (χ0n) is 11.7. The number of benzene rings is 1. The van der Waals surface area contributed by atoms with Gasteiger partial charge >= 0.3 is 0 Å². The standard InChI is InChI=1S/C16H24OSi/c1-14-8-7-13-18(2,3)17-16(14)12-11-15-9-5-4-6-10-15/h4-10,14,16H,11-13H2,1-3H3/t14-,16+/m0/s1. The second-order valence-electron chi connectivity index (χ2n) is 5.93. The third kappa shape index (κ3) is 3.82. The second kappa shape index (κ2) is 5.85. The van der Waals surface area contributed by atoms with E-state index in [0.717, 1.165) is 18.9 Å². The maximum Gasteiger partial charge on any atom is 0.190 e. The van der Waals surface area contributed by atoms with Crippen molar-refractivity contribution in [2.75, 3.05) is 0 Å². The lowest BCUT2D eigenvalue weighted by molar-refractivity contribution is 0.148. The number of hydrogen-bond acceptors (Lipinski definition) is 1. The summed E-state index contributed by atoms with van der Waals surface area (Å²) in [4.78, 5) is 0. The molecule has 1 aromatic rings.